The standard InChI is InChI=1S/C14H18F3N3O2/c15-10-1-2-11(14(17)13(10)16)19-9-12(21)18-3-4-20-5-7-22-8-6-20/h1-2,19H,3-9H2,(H,18,21). The maximum Gasteiger partial charge on any atom is 0.239 e. The first-order chi connectivity index (χ1) is 10.6. The molecule has 0 saturated carbocycles. The van der Waals surface area contributed by atoms with Crippen molar-refractivity contribution in [2.75, 3.05) is 51.3 Å². The second-order valence-corrected chi connectivity index (χ2v) is 4.88. The van der Waals surface area contributed by atoms with Gasteiger partial charge >= 0.3 is 0 Å². The summed E-state index contributed by atoms with van der Waals surface area (Å²) in [5.41, 5.74) is -0.248. The van der Waals surface area contributed by atoms with E-state index in [-0.39, 0.29) is 18.1 Å². The van der Waals surface area contributed by atoms with Crippen molar-refractivity contribution in [3.8, 4) is 0 Å². The zero-order valence-corrected chi connectivity index (χ0v) is 12.0. The second-order valence-electron chi connectivity index (χ2n) is 4.88. The van der Waals surface area contributed by atoms with Gasteiger partial charge in [-0.2, -0.15) is 0 Å². The third kappa shape index (κ3) is 4.60. The van der Waals surface area contributed by atoms with Crippen LogP contribution in [-0.4, -0.2) is 56.7 Å². The number of nitrogens with one attached hydrogen (secondary N) is 2. The quantitative estimate of drug-likeness (QED) is 0.768. The average molecular weight is 317 g/mol. The van der Waals surface area contributed by atoms with E-state index in [1.807, 2.05) is 0 Å². The zero-order valence-electron chi connectivity index (χ0n) is 12.0. The first kappa shape index (κ1) is 16.6. The van der Waals surface area contributed by atoms with E-state index in [4.69, 9.17) is 4.74 Å². The molecule has 5 nitrogen and oxygen atoms in total. The fourth-order valence-electron chi connectivity index (χ4n) is 2.08. The first-order valence-corrected chi connectivity index (χ1v) is 7.02. The number of morpholine rings is 1. The Labute approximate surface area is 126 Å². The summed E-state index contributed by atoms with van der Waals surface area (Å²) in [4.78, 5) is 13.8. The summed E-state index contributed by atoms with van der Waals surface area (Å²) >= 11 is 0. The molecule has 22 heavy (non-hydrogen) atoms. The van der Waals surface area contributed by atoms with Crippen LogP contribution in [0.5, 0.6) is 0 Å². The van der Waals surface area contributed by atoms with Crippen molar-refractivity contribution in [3.05, 3.63) is 29.6 Å². The third-order valence-electron chi connectivity index (χ3n) is 3.33. The van der Waals surface area contributed by atoms with Crippen molar-refractivity contribution in [2.24, 2.45) is 0 Å². The molecule has 0 spiro atoms. The lowest BCUT2D eigenvalue weighted by Crippen LogP contribution is -2.42. The highest BCUT2D eigenvalue weighted by atomic mass is 19.2. The summed E-state index contributed by atoms with van der Waals surface area (Å²) in [6, 6.07) is 1.85. The Hall–Kier alpha value is -1.80. The molecule has 0 unspecified atom stereocenters. The van der Waals surface area contributed by atoms with Crippen LogP contribution in [-0.2, 0) is 9.53 Å². The fraction of sp³-hybridized carbons (Fsp3) is 0.500. The molecular formula is C14H18F3N3O2. The van der Waals surface area contributed by atoms with Gasteiger partial charge in [-0.3, -0.25) is 9.69 Å². The van der Waals surface area contributed by atoms with Gasteiger partial charge in [0.05, 0.1) is 25.4 Å². The Morgan fingerprint density at radius 3 is 2.64 bits per heavy atom. The third-order valence-corrected chi connectivity index (χ3v) is 3.33. The van der Waals surface area contributed by atoms with Gasteiger partial charge in [-0.15, -0.1) is 0 Å². The van der Waals surface area contributed by atoms with E-state index in [2.05, 4.69) is 15.5 Å². The Bertz CT molecular complexity index is 522. The second kappa shape index (κ2) is 8.00. The Kier molecular flexibility index (Phi) is 6.02. The molecule has 2 N–H and O–H groups in total. The number of hydrogen-bond donors (Lipinski definition) is 2. The van der Waals surface area contributed by atoms with Crippen LogP contribution < -0.4 is 10.6 Å². The minimum atomic E-state index is -1.56. The normalized spacial score (nSPS) is 15.6. The summed E-state index contributed by atoms with van der Waals surface area (Å²) in [6.07, 6.45) is 0. The summed E-state index contributed by atoms with van der Waals surface area (Å²) in [7, 11) is 0. The van der Waals surface area contributed by atoms with Crippen molar-refractivity contribution < 1.29 is 22.7 Å². The van der Waals surface area contributed by atoms with Gasteiger partial charge in [0.15, 0.2) is 17.5 Å². The van der Waals surface area contributed by atoms with Crippen LogP contribution in [0.15, 0.2) is 12.1 Å². The zero-order chi connectivity index (χ0) is 15.9. The smallest absolute Gasteiger partial charge is 0.239 e. The van der Waals surface area contributed by atoms with Crippen LogP contribution in [0.25, 0.3) is 0 Å². The summed E-state index contributed by atoms with van der Waals surface area (Å²) in [5, 5.41) is 5.11. The van der Waals surface area contributed by atoms with Crippen LogP contribution in [0.3, 0.4) is 0 Å². The Morgan fingerprint density at radius 2 is 1.91 bits per heavy atom. The molecule has 8 heteroatoms. The van der Waals surface area contributed by atoms with E-state index in [1.165, 1.54) is 0 Å². The Morgan fingerprint density at radius 1 is 1.18 bits per heavy atom. The van der Waals surface area contributed by atoms with Gasteiger partial charge in [0.1, 0.15) is 0 Å². The topological polar surface area (TPSA) is 53.6 Å². The maximum atomic E-state index is 13.4. The van der Waals surface area contributed by atoms with Crippen molar-refractivity contribution in [3.63, 3.8) is 0 Å². The van der Waals surface area contributed by atoms with Gasteiger partial charge in [0, 0.05) is 26.2 Å². The van der Waals surface area contributed by atoms with Crippen molar-refractivity contribution in [2.45, 2.75) is 0 Å². The van der Waals surface area contributed by atoms with Gasteiger partial charge in [-0.05, 0) is 12.1 Å². The number of benzene rings is 1. The van der Waals surface area contributed by atoms with Gasteiger partial charge < -0.3 is 15.4 Å². The molecule has 2 rings (SSSR count). The highest BCUT2D eigenvalue weighted by molar-refractivity contribution is 5.80. The molecule has 1 aromatic carbocycles. The minimum absolute atomic E-state index is 0.217. The number of hydrogen-bond acceptors (Lipinski definition) is 4. The Balaban J connectivity index is 1.70. The first-order valence-electron chi connectivity index (χ1n) is 7.02. The van der Waals surface area contributed by atoms with Crippen LogP contribution in [0, 0.1) is 17.5 Å². The molecule has 0 radical (unpaired) electrons. The highest BCUT2D eigenvalue weighted by Crippen LogP contribution is 2.19. The number of halogens is 3. The van der Waals surface area contributed by atoms with Crippen LogP contribution >= 0.6 is 0 Å². The van der Waals surface area contributed by atoms with Crippen molar-refractivity contribution in [1.29, 1.82) is 0 Å². The molecule has 1 aliphatic rings. The van der Waals surface area contributed by atoms with Crippen LogP contribution in [0.1, 0.15) is 0 Å². The number of anilines is 1. The number of amides is 1. The summed E-state index contributed by atoms with van der Waals surface area (Å²) in [5.74, 6) is -4.51. The minimum Gasteiger partial charge on any atom is -0.379 e. The SMILES string of the molecule is O=C(CNc1ccc(F)c(F)c1F)NCCN1CCOCC1. The lowest BCUT2D eigenvalue weighted by molar-refractivity contribution is -0.119. The van der Waals surface area contributed by atoms with Gasteiger partial charge in [0.2, 0.25) is 5.91 Å². The molecule has 1 aliphatic heterocycles. The van der Waals surface area contributed by atoms with Gasteiger partial charge in [0.25, 0.3) is 0 Å². The molecule has 1 saturated heterocycles. The van der Waals surface area contributed by atoms with Gasteiger partial charge in [-0.25, -0.2) is 13.2 Å². The molecule has 1 fully saturated rings. The number of carbonyl (C=O) groups is 1. The number of carbonyl (C=O) groups excluding carboxylic acids is 1. The molecular weight excluding hydrogens is 299 g/mol. The van der Waals surface area contributed by atoms with Crippen molar-refractivity contribution in [1.82, 2.24) is 10.2 Å². The monoisotopic (exact) mass is 317 g/mol. The number of rotatable bonds is 6. The molecule has 1 heterocycles. The van der Waals surface area contributed by atoms with E-state index < -0.39 is 17.5 Å². The number of ether oxygens (including phenoxy) is 1. The highest BCUT2D eigenvalue weighted by Gasteiger charge is 2.14. The van der Waals surface area contributed by atoms with E-state index in [1.54, 1.807) is 0 Å². The van der Waals surface area contributed by atoms with Crippen LogP contribution in [0.2, 0.25) is 0 Å². The molecule has 1 amide bonds. The maximum absolute atomic E-state index is 13.4. The van der Waals surface area contributed by atoms with E-state index in [9.17, 15) is 18.0 Å². The largest absolute Gasteiger partial charge is 0.379 e. The molecule has 0 atom stereocenters. The van der Waals surface area contributed by atoms with Gasteiger partial charge in [-0.1, -0.05) is 0 Å². The summed E-state index contributed by atoms with van der Waals surface area (Å²) < 4.78 is 44.4. The molecule has 0 aromatic heterocycles. The van der Waals surface area contributed by atoms with E-state index >= 15 is 0 Å². The molecule has 0 aliphatic carbocycles. The predicted molar refractivity (Wildman–Crippen MR) is 75.1 cm³/mol. The number of nitrogens with zero attached hydrogens (tertiary/aromatic N) is 1. The molecule has 0 bridgehead atoms. The molecule has 1 aromatic rings. The fourth-order valence-corrected chi connectivity index (χ4v) is 2.08. The lowest BCUT2D eigenvalue weighted by atomic mass is 10.3. The lowest BCUT2D eigenvalue weighted by Gasteiger charge is -2.26. The predicted octanol–water partition coefficient (Wildman–Crippen LogP) is 0.964. The van der Waals surface area contributed by atoms with E-state index in [0.717, 1.165) is 25.2 Å². The molecule has 122 valence electrons. The van der Waals surface area contributed by atoms with E-state index in [0.29, 0.717) is 26.3 Å². The summed E-state index contributed by atoms with van der Waals surface area (Å²) in [6.45, 7) is 3.97. The van der Waals surface area contributed by atoms with Crippen LogP contribution in [0.4, 0.5) is 18.9 Å². The van der Waals surface area contributed by atoms with Crippen molar-refractivity contribution >= 4 is 11.6 Å². The average Bonchev–Trinajstić information content (AvgIpc) is 2.53.